The van der Waals surface area contributed by atoms with Crippen molar-refractivity contribution in [2.75, 3.05) is 6.54 Å². The molecule has 1 N–H and O–H groups in total. The first-order valence-electron chi connectivity index (χ1n) is 7.42. The molecular formula is C15H31N. The number of hydrogen-bond donors (Lipinski definition) is 1. The summed E-state index contributed by atoms with van der Waals surface area (Å²) in [6.45, 7) is 10.6. The lowest BCUT2D eigenvalue weighted by Crippen LogP contribution is -2.38. The van der Waals surface area contributed by atoms with Gasteiger partial charge in [0, 0.05) is 6.04 Å². The standard InChI is InChI=1S/C15H31N/c1-5-8-12(3)11-15(16-6-2)14-10-7-9-13(14)4/h12-16H,5-11H2,1-4H3. The summed E-state index contributed by atoms with van der Waals surface area (Å²) in [6, 6.07) is 0.782. The van der Waals surface area contributed by atoms with Crippen LogP contribution in [0.3, 0.4) is 0 Å². The lowest BCUT2D eigenvalue weighted by atomic mass is 9.84. The Balaban J connectivity index is 2.45. The van der Waals surface area contributed by atoms with Crippen molar-refractivity contribution in [2.45, 2.75) is 72.3 Å². The van der Waals surface area contributed by atoms with Crippen LogP contribution < -0.4 is 5.32 Å². The predicted octanol–water partition coefficient (Wildman–Crippen LogP) is 4.23. The number of rotatable bonds is 7. The van der Waals surface area contributed by atoms with Gasteiger partial charge in [0.05, 0.1) is 0 Å². The van der Waals surface area contributed by atoms with Gasteiger partial charge in [-0.05, 0) is 37.1 Å². The van der Waals surface area contributed by atoms with E-state index in [4.69, 9.17) is 0 Å². The fourth-order valence-corrected chi connectivity index (χ4v) is 3.49. The fraction of sp³-hybridized carbons (Fsp3) is 1.00. The average Bonchev–Trinajstić information content (AvgIpc) is 2.64. The van der Waals surface area contributed by atoms with Gasteiger partial charge in [-0.1, -0.05) is 53.4 Å². The second kappa shape index (κ2) is 7.32. The van der Waals surface area contributed by atoms with Crippen LogP contribution >= 0.6 is 0 Å². The molecule has 96 valence electrons. The molecule has 0 aromatic heterocycles. The van der Waals surface area contributed by atoms with Gasteiger partial charge in [0.25, 0.3) is 0 Å². The van der Waals surface area contributed by atoms with E-state index in [-0.39, 0.29) is 0 Å². The molecule has 0 aliphatic heterocycles. The molecule has 1 fully saturated rings. The molecule has 4 unspecified atom stereocenters. The van der Waals surface area contributed by atoms with Gasteiger partial charge in [-0.25, -0.2) is 0 Å². The molecule has 0 aromatic rings. The number of hydrogen-bond acceptors (Lipinski definition) is 1. The van der Waals surface area contributed by atoms with Crippen LogP contribution in [-0.4, -0.2) is 12.6 Å². The Hall–Kier alpha value is -0.0400. The summed E-state index contributed by atoms with van der Waals surface area (Å²) in [5.74, 6) is 2.78. The zero-order valence-corrected chi connectivity index (χ0v) is 11.8. The average molecular weight is 225 g/mol. The van der Waals surface area contributed by atoms with Crippen molar-refractivity contribution < 1.29 is 0 Å². The monoisotopic (exact) mass is 225 g/mol. The summed E-state index contributed by atoms with van der Waals surface area (Å²) >= 11 is 0. The molecule has 1 aliphatic rings. The quantitative estimate of drug-likeness (QED) is 0.684. The van der Waals surface area contributed by atoms with E-state index in [1.165, 1.54) is 38.5 Å². The third-order valence-corrected chi connectivity index (χ3v) is 4.35. The molecule has 0 bridgehead atoms. The molecule has 0 saturated heterocycles. The maximum Gasteiger partial charge on any atom is 0.0100 e. The minimum atomic E-state index is 0.782. The van der Waals surface area contributed by atoms with Gasteiger partial charge < -0.3 is 5.32 Å². The van der Waals surface area contributed by atoms with Crippen molar-refractivity contribution >= 4 is 0 Å². The van der Waals surface area contributed by atoms with E-state index in [0.29, 0.717) is 0 Å². The van der Waals surface area contributed by atoms with E-state index < -0.39 is 0 Å². The van der Waals surface area contributed by atoms with Crippen LogP contribution in [-0.2, 0) is 0 Å². The molecule has 0 radical (unpaired) electrons. The van der Waals surface area contributed by atoms with Crippen molar-refractivity contribution in [3.63, 3.8) is 0 Å². The zero-order chi connectivity index (χ0) is 12.0. The van der Waals surface area contributed by atoms with Gasteiger partial charge in [0.15, 0.2) is 0 Å². The molecule has 0 aromatic carbocycles. The molecule has 0 amide bonds. The molecule has 1 heteroatoms. The first kappa shape index (κ1) is 14.0. The van der Waals surface area contributed by atoms with Gasteiger partial charge in [-0.2, -0.15) is 0 Å². The third kappa shape index (κ3) is 4.08. The van der Waals surface area contributed by atoms with Crippen molar-refractivity contribution in [2.24, 2.45) is 17.8 Å². The van der Waals surface area contributed by atoms with Crippen molar-refractivity contribution in [3.05, 3.63) is 0 Å². The lowest BCUT2D eigenvalue weighted by Gasteiger charge is -2.30. The van der Waals surface area contributed by atoms with Crippen molar-refractivity contribution in [1.82, 2.24) is 5.32 Å². The molecule has 1 nitrogen and oxygen atoms in total. The van der Waals surface area contributed by atoms with E-state index in [1.807, 2.05) is 0 Å². The molecule has 16 heavy (non-hydrogen) atoms. The summed E-state index contributed by atoms with van der Waals surface area (Å²) < 4.78 is 0. The minimum absolute atomic E-state index is 0.782. The largest absolute Gasteiger partial charge is 0.314 e. The van der Waals surface area contributed by atoms with Gasteiger partial charge in [0.1, 0.15) is 0 Å². The maximum atomic E-state index is 3.74. The SMILES string of the molecule is CCCC(C)CC(NCC)C1CCCC1C. The minimum Gasteiger partial charge on any atom is -0.314 e. The van der Waals surface area contributed by atoms with E-state index in [9.17, 15) is 0 Å². The van der Waals surface area contributed by atoms with Gasteiger partial charge in [0.2, 0.25) is 0 Å². The highest BCUT2D eigenvalue weighted by Gasteiger charge is 2.30. The van der Waals surface area contributed by atoms with Crippen LogP contribution in [0.1, 0.15) is 66.2 Å². The van der Waals surface area contributed by atoms with E-state index in [0.717, 1.165) is 30.3 Å². The highest BCUT2D eigenvalue weighted by atomic mass is 14.9. The Morgan fingerprint density at radius 3 is 2.50 bits per heavy atom. The molecule has 1 rings (SSSR count). The van der Waals surface area contributed by atoms with Gasteiger partial charge >= 0.3 is 0 Å². The smallest absolute Gasteiger partial charge is 0.0100 e. The highest BCUT2D eigenvalue weighted by Crippen LogP contribution is 2.35. The van der Waals surface area contributed by atoms with Crippen molar-refractivity contribution in [1.29, 1.82) is 0 Å². The summed E-state index contributed by atoms with van der Waals surface area (Å²) in [6.07, 6.45) is 8.47. The molecule has 1 aliphatic carbocycles. The fourth-order valence-electron chi connectivity index (χ4n) is 3.49. The van der Waals surface area contributed by atoms with Crippen LogP contribution in [0.25, 0.3) is 0 Å². The Bertz CT molecular complexity index is 178. The van der Waals surface area contributed by atoms with Crippen LogP contribution in [0.2, 0.25) is 0 Å². The first-order chi connectivity index (χ1) is 7.69. The molecule has 4 atom stereocenters. The van der Waals surface area contributed by atoms with Crippen molar-refractivity contribution in [3.8, 4) is 0 Å². The normalized spacial score (nSPS) is 29.2. The summed E-state index contributed by atoms with van der Waals surface area (Å²) in [5, 5.41) is 3.74. The Kier molecular flexibility index (Phi) is 6.41. The summed E-state index contributed by atoms with van der Waals surface area (Å²) in [4.78, 5) is 0. The Morgan fingerprint density at radius 2 is 2.00 bits per heavy atom. The number of nitrogens with one attached hydrogen (secondary N) is 1. The van der Waals surface area contributed by atoms with Gasteiger partial charge in [-0.3, -0.25) is 0 Å². The van der Waals surface area contributed by atoms with E-state index in [2.05, 4.69) is 33.0 Å². The summed E-state index contributed by atoms with van der Waals surface area (Å²) in [7, 11) is 0. The van der Waals surface area contributed by atoms with Crippen LogP contribution in [0.4, 0.5) is 0 Å². The van der Waals surface area contributed by atoms with E-state index in [1.54, 1.807) is 0 Å². The molecular weight excluding hydrogens is 194 g/mol. The third-order valence-electron chi connectivity index (χ3n) is 4.35. The Labute approximate surface area is 102 Å². The van der Waals surface area contributed by atoms with Crippen LogP contribution in [0, 0.1) is 17.8 Å². The summed E-state index contributed by atoms with van der Waals surface area (Å²) in [5.41, 5.74) is 0. The maximum absolute atomic E-state index is 3.74. The topological polar surface area (TPSA) is 12.0 Å². The molecule has 1 saturated carbocycles. The molecule has 0 heterocycles. The van der Waals surface area contributed by atoms with Crippen LogP contribution in [0.5, 0.6) is 0 Å². The van der Waals surface area contributed by atoms with Gasteiger partial charge in [-0.15, -0.1) is 0 Å². The first-order valence-corrected chi connectivity index (χ1v) is 7.42. The molecule has 0 spiro atoms. The second-order valence-corrected chi connectivity index (χ2v) is 5.87. The second-order valence-electron chi connectivity index (χ2n) is 5.87. The van der Waals surface area contributed by atoms with E-state index >= 15 is 0 Å². The highest BCUT2D eigenvalue weighted by molar-refractivity contribution is 4.85. The van der Waals surface area contributed by atoms with Crippen LogP contribution in [0.15, 0.2) is 0 Å². The zero-order valence-electron chi connectivity index (χ0n) is 11.8. The predicted molar refractivity (Wildman–Crippen MR) is 72.7 cm³/mol. The Morgan fingerprint density at radius 1 is 1.25 bits per heavy atom. The lowest BCUT2D eigenvalue weighted by molar-refractivity contribution is 0.255.